The van der Waals surface area contributed by atoms with E-state index in [9.17, 15) is 48.6 Å². The number of aliphatic carboxylic acids is 2. The molecule has 8 heterocycles. The summed E-state index contributed by atoms with van der Waals surface area (Å²) in [6.45, 7) is 25.6. The van der Waals surface area contributed by atoms with E-state index in [1.807, 2.05) is 80.5 Å². The van der Waals surface area contributed by atoms with Crippen molar-refractivity contribution in [2.75, 3.05) is 92.0 Å². The second kappa shape index (κ2) is 36.8. The molecule has 6 saturated carbocycles. The number of ketones is 2. The van der Waals surface area contributed by atoms with E-state index in [4.69, 9.17) is 75.8 Å². The number of Topliss-reactive ketones (excluding diaryl/α,β-unsaturated/α-hetero) is 2. The van der Waals surface area contributed by atoms with Crippen molar-refractivity contribution in [2.24, 2.45) is 74.0 Å². The van der Waals surface area contributed by atoms with Gasteiger partial charge < -0.3 is 62.6 Å². The smallest absolute Gasteiger partial charge is 0.310 e. The molecule has 2 N–H and O–H groups in total. The van der Waals surface area contributed by atoms with Gasteiger partial charge in [0.15, 0.2) is 15.9 Å². The lowest BCUT2D eigenvalue weighted by Gasteiger charge is -2.35. The summed E-state index contributed by atoms with van der Waals surface area (Å²) in [5, 5.41) is 32.1. The Labute approximate surface area is 723 Å². The third kappa shape index (κ3) is 20.4. The molecule has 0 bridgehead atoms. The van der Waals surface area contributed by atoms with E-state index in [1.54, 1.807) is 30.5 Å². The standard InChI is InChI=1S/C45H57ClN4O10.C44H56ClN5O9S2/c1-5-28-23-45(28,43(54)55)24-34(51)33-20-30(25-50(33)42(53)32(44(2,3)4)21-39(52)59-29-18-26-17-27(26)19-29)58-36-22-38(60-37-7-6-10-47-37)48-41-31(36)8-9-35(40(41)46)57-16-13-49-11-14-56-15-12-49;1-6-27-21-44(27,41(54)55)22-33(51)32-18-29(23-50(32)40(53)31(43(3,4)5)19-37(52)59-28-16-25-15-26(25)17-28)58-35-20-36(61-42-48-47-24(2)60-42)46-39-30(35)7-8-34(38(39)45)57-14-11-49-9-12-56-13-10-49/h6,8-10,22,26-30,32-33H,5,7,11-21,23-25H2,1-4H3,(H,54,55);7-8,20,25-29,31-32H,6,9-19,21-23H2,1-5H3,(H,54,55)/t26-,27+,28-,29?,30-,32-,33+,45-;25-,26+,27-,28?,29-,31-,32+,44-/m11/s1. The van der Waals surface area contributed by atoms with E-state index >= 15 is 0 Å². The summed E-state index contributed by atoms with van der Waals surface area (Å²) in [6.07, 6.45) is 10.0. The number of carbonyl (C=O) groups is 8. The van der Waals surface area contributed by atoms with Crippen molar-refractivity contribution in [3.8, 4) is 28.9 Å². The summed E-state index contributed by atoms with van der Waals surface area (Å²) in [7, 11) is 0. The molecule has 11 aliphatic rings. The Bertz CT molecular complexity index is 4790. The van der Waals surface area contributed by atoms with Gasteiger partial charge in [-0.25, -0.2) is 15.0 Å². The van der Waals surface area contributed by atoms with Crippen molar-refractivity contribution < 1.29 is 91.2 Å². The molecule has 10 fully saturated rings. The van der Waals surface area contributed by atoms with Gasteiger partial charge in [0, 0.05) is 100 Å². The number of esters is 2. The quantitative estimate of drug-likeness (QED) is 0.0368. The van der Waals surface area contributed by atoms with Gasteiger partial charge in [0.05, 0.1) is 92.6 Å². The van der Waals surface area contributed by atoms with Crippen LogP contribution < -0.4 is 23.7 Å². The van der Waals surface area contributed by atoms with Crippen molar-refractivity contribution >= 4 is 121 Å². The van der Waals surface area contributed by atoms with Crippen molar-refractivity contribution in [1.29, 1.82) is 0 Å². The molecular weight excluding hydrogens is 1630 g/mol. The number of amides is 2. The number of ether oxygens (including phenoxy) is 9. The van der Waals surface area contributed by atoms with Crippen LogP contribution in [0.2, 0.25) is 10.0 Å². The molecule has 654 valence electrons. The average Bonchev–Trinajstić information content (AvgIpc) is 1.70. The van der Waals surface area contributed by atoms with Crippen LogP contribution in [-0.2, 0) is 57.3 Å². The lowest BCUT2D eigenvalue weighted by Crippen LogP contribution is -2.48. The van der Waals surface area contributed by atoms with Crippen LogP contribution in [-0.4, -0.2) is 232 Å². The lowest BCUT2D eigenvalue weighted by atomic mass is 9.77. The summed E-state index contributed by atoms with van der Waals surface area (Å²) < 4.78 is 55.4. The zero-order chi connectivity index (χ0) is 85.6. The number of benzene rings is 2. The lowest BCUT2D eigenvalue weighted by molar-refractivity contribution is -0.157. The number of carboxylic acids is 2. The van der Waals surface area contributed by atoms with Crippen LogP contribution in [0, 0.1) is 75.9 Å². The number of nitrogens with zero attached hydrogens (tertiary/aromatic N) is 9. The van der Waals surface area contributed by atoms with E-state index < -0.39 is 81.7 Å². The van der Waals surface area contributed by atoms with E-state index in [-0.39, 0.29) is 110 Å². The van der Waals surface area contributed by atoms with Crippen LogP contribution in [0.4, 0.5) is 0 Å². The van der Waals surface area contributed by atoms with Crippen LogP contribution in [0.15, 0.2) is 63.0 Å². The molecule has 6 aliphatic carbocycles. The normalized spacial score (nSPS) is 28.3. The van der Waals surface area contributed by atoms with E-state index in [2.05, 4.69) is 25.0 Å². The van der Waals surface area contributed by atoms with Crippen LogP contribution in [0.5, 0.6) is 28.9 Å². The molecule has 0 spiro atoms. The van der Waals surface area contributed by atoms with Gasteiger partial charge in [-0.05, 0) is 141 Å². The average molecular weight is 1750 g/mol. The minimum absolute atomic E-state index is 0.0350. The molecule has 28 nitrogen and oxygen atoms in total. The Morgan fingerprint density at radius 3 is 1.45 bits per heavy atom. The SMILES string of the molecule is CC[C@@H]1C[C@]1(CC(=O)[C@@H]1C[C@@H](Oc2cc(OC3=NC=CC3)nc3c(Cl)c(OCCN4CCOCC4)ccc23)CN1C(=O)[C@@H](CC(=O)OC1C[C@@H]2C[C@@H]2C1)C(C)(C)C)C(=O)O.CC[C@@H]1C[C@]1(CC(=O)[C@@H]1C[C@@H](Oc2cc(Sc3nnc(C)s3)nc3c(Cl)c(OCCN4CCOCC4)ccc23)CN1C(=O)[C@@H](CC(=O)OC1C[C@@H]2C[C@@H]2C1)C(C)(C)C)C(=O)O. The van der Waals surface area contributed by atoms with Crippen molar-refractivity contribution in [2.45, 2.75) is 217 Å². The summed E-state index contributed by atoms with van der Waals surface area (Å²) in [6, 6.07) is 8.77. The third-order valence-electron chi connectivity index (χ3n) is 26.8. The first kappa shape index (κ1) is 88.0. The fraction of sp³-hybridized carbons (Fsp3) is 0.652. The Morgan fingerprint density at radius 2 is 1.05 bits per heavy atom. The van der Waals surface area contributed by atoms with E-state index in [0.29, 0.717) is 174 Å². The first-order valence-electron chi connectivity index (χ1n) is 43.2. The molecular formula is C89H113Cl2N9O19S2. The maximum atomic E-state index is 14.8. The number of pyridine rings is 2. The van der Waals surface area contributed by atoms with Crippen molar-refractivity contribution in [3.63, 3.8) is 0 Å². The Morgan fingerprint density at radius 1 is 0.595 bits per heavy atom. The minimum Gasteiger partial charge on any atom is -0.491 e. The highest BCUT2D eigenvalue weighted by Gasteiger charge is 2.63. The van der Waals surface area contributed by atoms with Gasteiger partial charge in [-0.3, -0.25) is 48.2 Å². The maximum Gasteiger partial charge on any atom is 0.310 e. The van der Waals surface area contributed by atoms with Crippen LogP contribution >= 0.6 is 46.3 Å². The Kier molecular flexibility index (Phi) is 26.7. The molecule has 3 aromatic heterocycles. The molecule has 2 amide bonds. The molecule has 5 aromatic rings. The molecule has 16 rings (SSSR count). The Balaban J connectivity index is 0.000000188. The largest absolute Gasteiger partial charge is 0.491 e. The fourth-order valence-corrected chi connectivity index (χ4v) is 21.6. The van der Waals surface area contributed by atoms with Crippen molar-refractivity contribution in [3.05, 3.63) is 63.7 Å². The molecule has 121 heavy (non-hydrogen) atoms. The first-order chi connectivity index (χ1) is 57.8. The number of fused-ring (bicyclic) bond motifs is 4. The number of likely N-dealkylation sites (tertiary alicyclic amines) is 2. The summed E-state index contributed by atoms with van der Waals surface area (Å²) in [5.74, 6) is -1.06. The predicted molar refractivity (Wildman–Crippen MR) is 451 cm³/mol. The fourth-order valence-electron chi connectivity index (χ4n) is 19.3. The number of rotatable bonds is 33. The molecule has 5 aliphatic heterocycles. The molecule has 0 radical (unpaired) electrons. The predicted octanol–water partition coefficient (Wildman–Crippen LogP) is 13.6. The van der Waals surface area contributed by atoms with Gasteiger partial charge in [0.1, 0.15) is 86.2 Å². The number of carboxylic acid groups (broad SMARTS) is 2. The van der Waals surface area contributed by atoms with Gasteiger partial charge in [-0.2, -0.15) is 0 Å². The molecule has 4 saturated heterocycles. The molecule has 2 aromatic carbocycles. The number of aryl methyl sites for hydroxylation is 1. The maximum absolute atomic E-state index is 14.8. The Hall–Kier alpha value is -7.84. The number of aromatic nitrogens is 4. The zero-order valence-corrected chi connectivity index (χ0v) is 73.7. The van der Waals surface area contributed by atoms with Gasteiger partial charge in [-0.1, -0.05) is 109 Å². The number of hydrogen-bond acceptors (Lipinski definition) is 26. The van der Waals surface area contributed by atoms with Gasteiger partial charge in [0.25, 0.3) is 0 Å². The summed E-state index contributed by atoms with van der Waals surface area (Å²) >= 11 is 16.8. The van der Waals surface area contributed by atoms with Crippen LogP contribution in [0.25, 0.3) is 21.8 Å². The first-order valence-corrected chi connectivity index (χ1v) is 45.6. The number of carbonyl (C=O) groups excluding carboxylic acids is 6. The van der Waals surface area contributed by atoms with E-state index in [0.717, 1.165) is 56.9 Å². The molecule has 2 unspecified atom stereocenters. The van der Waals surface area contributed by atoms with Gasteiger partial charge in [-0.15, -0.1) is 10.2 Å². The number of hydrogen-bond donors (Lipinski definition) is 2. The third-order valence-corrected chi connectivity index (χ3v) is 29.4. The van der Waals surface area contributed by atoms with E-state index in [1.165, 1.54) is 45.7 Å². The van der Waals surface area contributed by atoms with Crippen molar-refractivity contribution in [1.82, 2.24) is 39.8 Å². The summed E-state index contributed by atoms with van der Waals surface area (Å²) in [4.78, 5) is 132. The number of halogens is 2. The monoisotopic (exact) mass is 1750 g/mol. The highest BCUT2D eigenvalue weighted by atomic mass is 35.5. The second-order valence-electron chi connectivity index (χ2n) is 37.2. The number of morpholine rings is 2. The second-order valence-corrected chi connectivity index (χ2v) is 40.4. The summed E-state index contributed by atoms with van der Waals surface area (Å²) in [5.41, 5.74) is -2.77. The van der Waals surface area contributed by atoms with Gasteiger partial charge >= 0.3 is 23.9 Å². The zero-order valence-electron chi connectivity index (χ0n) is 70.6. The highest BCUT2D eigenvalue weighted by Crippen LogP contribution is 2.60. The minimum atomic E-state index is -1.15. The topological polar surface area (TPSA) is 337 Å². The van der Waals surface area contributed by atoms with Gasteiger partial charge in [0.2, 0.25) is 23.6 Å². The van der Waals surface area contributed by atoms with Crippen LogP contribution in [0.1, 0.15) is 170 Å². The highest BCUT2D eigenvalue weighted by molar-refractivity contribution is 8.01. The molecule has 32 heteroatoms. The number of aliphatic imine (C=N–C) groups is 1. The van der Waals surface area contributed by atoms with Crippen LogP contribution in [0.3, 0.4) is 0 Å². The molecule has 16 atom stereocenters.